The molecule has 0 aromatic heterocycles. The third kappa shape index (κ3) is 12.2. The second kappa shape index (κ2) is 16.9. The van der Waals surface area contributed by atoms with Gasteiger partial charge < -0.3 is 0 Å². The highest BCUT2D eigenvalue weighted by atomic mass is 15.3. The SMILES string of the molecule is CC(=CC(C)(C)NN)C(C)=CC(C)(C)NN.CC(C=CC=CC(C)(NN)C1CCCCC1)(NN)C1CCCCC1. The lowest BCUT2D eigenvalue weighted by molar-refractivity contribution is 0.222. The Morgan fingerprint density at radius 1 is 0.525 bits per heavy atom. The van der Waals surface area contributed by atoms with Gasteiger partial charge in [0.1, 0.15) is 0 Å². The zero-order valence-corrected chi connectivity index (χ0v) is 27.0. The predicted octanol–water partition coefficient (Wildman–Crippen LogP) is 5.07. The molecule has 0 aliphatic heterocycles. The summed E-state index contributed by atoms with van der Waals surface area (Å²) in [5, 5.41) is 0. The monoisotopic (exact) mass is 561 g/mol. The van der Waals surface area contributed by atoms with Crippen LogP contribution in [0.4, 0.5) is 0 Å². The lowest BCUT2D eigenvalue weighted by Crippen LogP contribution is -2.51. The highest BCUT2D eigenvalue weighted by Crippen LogP contribution is 2.34. The molecule has 0 spiro atoms. The van der Waals surface area contributed by atoms with Crippen LogP contribution >= 0.6 is 0 Å². The maximum absolute atomic E-state index is 5.89. The Labute approximate surface area is 246 Å². The molecule has 0 aromatic rings. The zero-order chi connectivity index (χ0) is 30.5. The molecule has 0 aromatic carbocycles. The van der Waals surface area contributed by atoms with E-state index in [-0.39, 0.29) is 22.2 Å². The second-order valence-corrected chi connectivity index (χ2v) is 13.6. The fraction of sp³-hybridized carbons (Fsp3) is 0.750. The summed E-state index contributed by atoms with van der Waals surface area (Å²) in [4.78, 5) is 0. The van der Waals surface area contributed by atoms with Crippen molar-refractivity contribution in [3.8, 4) is 0 Å². The van der Waals surface area contributed by atoms with Crippen LogP contribution in [-0.2, 0) is 0 Å². The van der Waals surface area contributed by atoms with Gasteiger partial charge in [-0.3, -0.25) is 45.1 Å². The van der Waals surface area contributed by atoms with Crippen LogP contribution in [0.15, 0.2) is 47.6 Å². The lowest BCUT2D eigenvalue weighted by atomic mass is 9.75. The minimum absolute atomic E-state index is 0.123. The number of hydrogen-bond acceptors (Lipinski definition) is 8. The molecular formula is C32H64N8. The van der Waals surface area contributed by atoms with Crippen LogP contribution in [0.1, 0.15) is 120 Å². The summed E-state index contributed by atoms with van der Waals surface area (Å²) < 4.78 is 0. The molecule has 2 unspecified atom stereocenters. The number of hydrazine groups is 4. The van der Waals surface area contributed by atoms with Crippen molar-refractivity contribution >= 4 is 0 Å². The molecule has 0 heterocycles. The van der Waals surface area contributed by atoms with E-state index < -0.39 is 0 Å². The average molecular weight is 561 g/mol. The number of nitrogens with one attached hydrogen (secondary N) is 4. The number of allylic oxidation sites excluding steroid dienone is 4. The van der Waals surface area contributed by atoms with Crippen LogP contribution in [-0.4, -0.2) is 22.2 Å². The van der Waals surface area contributed by atoms with Gasteiger partial charge in [0.2, 0.25) is 0 Å². The van der Waals surface area contributed by atoms with Gasteiger partial charge in [0.25, 0.3) is 0 Å². The fourth-order valence-electron chi connectivity index (χ4n) is 5.91. The highest BCUT2D eigenvalue weighted by molar-refractivity contribution is 5.32. The van der Waals surface area contributed by atoms with Crippen molar-refractivity contribution in [3.05, 3.63) is 47.6 Å². The van der Waals surface area contributed by atoms with E-state index in [9.17, 15) is 0 Å². The van der Waals surface area contributed by atoms with Crippen LogP contribution in [0.2, 0.25) is 0 Å². The van der Waals surface area contributed by atoms with Gasteiger partial charge in [-0.15, -0.1) is 0 Å². The Morgan fingerprint density at radius 3 is 1.07 bits per heavy atom. The lowest BCUT2D eigenvalue weighted by Gasteiger charge is -2.38. The first-order chi connectivity index (χ1) is 18.7. The third-order valence-corrected chi connectivity index (χ3v) is 9.05. The van der Waals surface area contributed by atoms with E-state index in [2.05, 4.69) is 85.9 Å². The summed E-state index contributed by atoms with van der Waals surface area (Å²) in [7, 11) is 0. The van der Waals surface area contributed by atoms with Crippen LogP contribution in [0.25, 0.3) is 0 Å². The molecule has 8 nitrogen and oxygen atoms in total. The van der Waals surface area contributed by atoms with E-state index in [0.717, 1.165) is 0 Å². The molecule has 2 saturated carbocycles. The van der Waals surface area contributed by atoms with Gasteiger partial charge in [0, 0.05) is 11.1 Å². The minimum atomic E-state index is -0.209. The molecule has 8 heteroatoms. The fourth-order valence-corrected chi connectivity index (χ4v) is 5.91. The van der Waals surface area contributed by atoms with Gasteiger partial charge in [-0.2, -0.15) is 0 Å². The summed E-state index contributed by atoms with van der Waals surface area (Å²) in [5.74, 6) is 24.0. The Bertz CT molecular complexity index is 777. The Kier molecular flexibility index (Phi) is 15.5. The predicted molar refractivity (Wildman–Crippen MR) is 173 cm³/mol. The summed E-state index contributed by atoms with van der Waals surface area (Å²) in [6.07, 6.45) is 26.0. The molecule has 12 N–H and O–H groups in total. The molecule has 232 valence electrons. The van der Waals surface area contributed by atoms with Gasteiger partial charge >= 0.3 is 0 Å². The molecule has 2 aliphatic carbocycles. The second-order valence-electron chi connectivity index (χ2n) is 13.6. The van der Waals surface area contributed by atoms with Crippen molar-refractivity contribution in [1.82, 2.24) is 21.7 Å². The van der Waals surface area contributed by atoms with Crippen LogP contribution in [0, 0.1) is 11.8 Å². The normalized spacial score (nSPS) is 22.2. The molecule has 0 bridgehead atoms. The average Bonchev–Trinajstić information content (AvgIpc) is 2.96. The van der Waals surface area contributed by atoms with Crippen molar-refractivity contribution < 1.29 is 0 Å². The van der Waals surface area contributed by atoms with E-state index >= 15 is 0 Å². The van der Waals surface area contributed by atoms with E-state index in [1.807, 2.05) is 27.7 Å². The molecule has 40 heavy (non-hydrogen) atoms. The van der Waals surface area contributed by atoms with E-state index in [4.69, 9.17) is 23.4 Å². The van der Waals surface area contributed by atoms with Gasteiger partial charge in [0.15, 0.2) is 0 Å². The van der Waals surface area contributed by atoms with Crippen molar-refractivity contribution in [2.75, 3.05) is 0 Å². The first-order valence-corrected chi connectivity index (χ1v) is 15.3. The van der Waals surface area contributed by atoms with Gasteiger partial charge in [0.05, 0.1) is 11.1 Å². The number of nitrogens with two attached hydrogens (primary N) is 4. The first kappa shape index (κ1) is 36.7. The van der Waals surface area contributed by atoms with Crippen molar-refractivity contribution in [2.24, 2.45) is 35.2 Å². The summed E-state index contributed by atoms with van der Waals surface area (Å²) in [6.45, 7) is 16.7. The zero-order valence-electron chi connectivity index (χ0n) is 27.0. The smallest absolute Gasteiger partial charge is 0.0503 e. The van der Waals surface area contributed by atoms with Crippen LogP contribution in [0.5, 0.6) is 0 Å². The molecule has 0 radical (unpaired) electrons. The van der Waals surface area contributed by atoms with Gasteiger partial charge in [-0.1, -0.05) is 86.1 Å². The van der Waals surface area contributed by atoms with Crippen molar-refractivity contribution in [1.29, 1.82) is 0 Å². The molecule has 0 saturated heterocycles. The minimum Gasteiger partial charge on any atom is -0.271 e. The Hall–Kier alpha value is -1.36. The van der Waals surface area contributed by atoms with Crippen molar-refractivity contribution in [3.63, 3.8) is 0 Å². The quantitative estimate of drug-likeness (QED) is 0.0936. The molecule has 2 rings (SSSR count). The first-order valence-electron chi connectivity index (χ1n) is 15.3. The Balaban J connectivity index is 0.000000437. The number of hydrogen-bond donors (Lipinski definition) is 8. The Morgan fingerprint density at radius 2 is 0.825 bits per heavy atom. The third-order valence-electron chi connectivity index (χ3n) is 9.05. The molecule has 2 atom stereocenters. The molecular weight excluding hydrogens is 496 g/mol. The molecule has 2 fully saturated rings. The van der Waals surface area contributed by atoms with E-state index in [1.165, 1.54) is 75.4 Å². The molecule has 2 aliphatic rings. The maximum atomic E-state index is 5.89. The van der Waals surface area contributed by atoms with Crippen LogP contribution < -0.4 is 45.1 Å². The highest BCUT2D eigenvalue weighted by Gasteiger charge is 2.33. The van der Waals surface area contributed by atoms with E-state index in [1.54, 1.807) is 0 Å². The topological polar surface area (TPSA) is 152 Å². The largest absolute Gasteiger partial charge is 0.271 e. The summed E-state index contributed by atoms with van der Waals surface area (Å²) >= 11 is 0. The summed E-state index contributed by atoms with van der Waals surface area (Å²) in [5.41, 5.74) is 13.4. The standard InChI is InChI=1S/C20H38N4.C12H26N4/c1-19(23-21,17-11-5-3-6-12-17)15-9-10-16-20(2,24-22)18-13-7-4-8-14-18;1-9(7-11(3,4)15-13)10(2)8-12(5,6)16-14/h9-10,15-18,23-24H,3-8,11-14,21-22H2,1-2H3;7-8,15-16H,13-14H2,1-6H3. The number of rotatable bonds is 12. The van der Waals surface area contributed by atoms with Crippen LogP contribution in [0.3, 0.4) is 0 Å². The van der Waals surface area contributed by atoms with Crippen molar-refractivity contribution in [2.45, 2.75) is 142 Å². The maximum Gasteiger partial charge on any atom is 0.0503 e. The van der Waals surface area contributed by atoms with Gasteiger partial charge in [-0.05, 0) is 92.9 Å². The van der Waals surface area contributed by atoms with E-state index in [0.29, 0.717) is 11.8 Å². The van der Waals surface area contributed by atoms with Gasteiger partial charge in [-0.25, -0.2) is 0 Å². The molecule has 0 amide bonds. The summed E-state index contributed by atoms with van der Waals surface area (Å²) in [6, 6.07) is 0.